The van der Waals surface area contributed by atoms with Gasteiger partial charge in [0.1, 0.15) is 0 Å². The quantitative estimate of drug-likeness (QED) is 0.287. The Morgan fingerprint density at radius 1 is 1.03 bits per heavy atom. The summed E-state index contributed by atoms with van der Waals surface area (Å²) >= 11 is 0. The first-order chi connectivity index (χ1) is 15.0. The molecule has 3 aromatic heterocycles. The van der Waals surface area contributed by atoms with Crippen LogP contribution in [0.25, 0.3) is 28.2 Å². The summed E-state index contributed by atoms with van der Waals surface area (Å²) in [7, 11) is 3.76. The van der Waals surface area contributed by atoms with Gasteiger partial charge in [0.2, 0.25) is 0 Å². The van der Waals surface area contributed by atoms with E-state index in [9.17, 15) is 8.78 Å². The molecule has 6 nitrogen and oxygen atoms in total. The summed E-state index contributed by atoms with van der Waals surface area (Å²) in [5, 5.41) is 4.07. The van der Waals surface area contributed by atoms with Crippen LogP contribution in [0.4, 0.5) is 14.5 Å². The van der Waals surface area contributed by atoms with Gasteiger partial charge in [-0.15, -0.1) is 12.1 Å². The smallest absolute Gasteiger partial charge is 0.0427 e. The van der Waals surface area contributed by atoms with Crippen LogP contribution in [0.2, 0.25) is 0 Å². The van der Waals surface area contributed by atoms with Gasteiger partial charge in [0, 0.05) is 80.9 Å². The molecule has 32 heavy (non-hydrogen) atoms. The van der Waals surface area contributed by atoms with Crippen LogP contribution >= 0.6 is 0 Å². The molecule has 2 aromatic carbocycles. The molecule has 0 fully saturated rings. The number of aromatic nitrogens is 5. The molecule has 0 saturated carbocycles. The molecule has 1 radical (unpaired) electrons. The molecule has 0 atom stereocenters. The van der Waals surface area contributed by atoms with Crippen molar-refractivity contribution in [2.24, 2.45) is 0 Å². The molecule has 9 heteroatoms. The third kappa shape index (κ3) is 5.25. The minimum Gasteiger partial charge on any atom is -0.378 e. The van der Waals surface area contributed by atoms with Crippen LogP contribution in [0.5, 0.6) is 0 Å². The summed E-state index contributed by atoms with van der Waals surface area (Å²) in [6.07, 6.45) is 5.12. The van der Waals surface area contributed by atoms with Gasteiger partial charge in [0.25, 0.3) is 0 Å². The van der Waals surface area contributed by atoms with Crippen LogP contribution in [0, 0.1) is 17.7 Å². The van der Waals surface area contributed by atoms with Crippen molar-refractivity contribution in [3.63, 3.8) is 0 Å². The van der Waals surface area contributed by atoms with Gasteiger partial charge in [0.05, 0.1) is 0 Å². The molecule has 3 heterocycles. The van der Waals surface area contributed by atoms with Gasteiger partial charge < -0.3 is 24.5 Å². The summed E-state index contributed by atoms with van der Waals surface area (Å²) in [5.41, 5.74) is 3.31. The molecule has 0 saturated heterocycles. The fourth-order valence-electron chi connectivity index (χ4n) is 2.86. The zero-order valence-electron chi connectivity index (χ0n) is 17.2. The number of halogens is 2. The number of fused-ring (bicyclic) bond motifs is 1. The summed E-state index contributed by atoms with van der Waals surface area (Å²) in [4.78, 5) is 14.6. The zero-order chi connectivity index (χ0) is 21.8. The second kappa shape index (κ2) is 10.3. The maximum absolute atomic E-state index is 13.5. The van der Waals surface area contributed by atoms with E-state index in [1.54, 1.807) is 23.1 Å². The molecule has 0 aliphatic carbocycles. The minimum atomic E-state index is -0.659. The number of para-hydroxylation sites is 2. The Balaban J connectivity index is 0.000000178. The van der Waals surface area contributed by atoms with Crippen molar-refractivity contribution < 1.29 is 28.9 Å². The number of anilines is 1. The molecule has 0 bridgehead atoms. The predicted molar refractivity (Wildman–Crippen MR) is 115 cm³/mol. The zero-order valence-corrected chi connectivity index (χ0v) is 19.6. The normalized spacial score (nSPS) is 10.2. The number of hydrogen-bond donors (Lipinski definition) is 0. The van der Waals surface area contributed by atoms with Crippen LogP contribution in [-0.4, -0.2) is 33.8 Å². The Kier molecular flexibility index (Phi) is 7.45. The Bertz CT molecular complexity index is 1270. The molecule has 5 rings (SSSR count). The Morgan fingerprint density at radius 3 is 2.53 bits per heavy atom. The van der Waals surface area contributed by atoms with Gasteiger partial charge in [-0.25, -0.2) is 5.10 Å². The van der Waals surface area contributed by atoms with Crippen molar-refractivity contribution in [2.75, 3.05) is 19.0 Å². The van der Waals surface area contributed by atoms with Gasteiger partial charge in [-0.3, -0.25) is 8.78 Å². The standard InChI is InChI=1S/C13H11F2N2.C10H7N4.Ir/c1-17(2)10-5-6-16-13(8-10)11-4-3-9(14)7-12(11)15;1-2-5-9-8(4-1)12-10(13-9)14-7-3-6-11-14;/h3,5-8H,1-2H3;1-7H;/q2*-1;. The summed E-state index contributed by atoms with van der Waals surface area (Å²) in [6, 6.07) is 17.6. The number of benzene rings is 2. The Hall–Kier alpha value is -3.42. The number of rotatable bonds is 3. The van der Waals surface area contributed by atoms with Crippen LogP contribution in [0.1, 0.15) is 0 Å². The number of imidazole rings is 1. The average Bonchev–Trinajstić information content (AvgIpc) is 3.44. The van der Waals surface area contributed by atoms with Crippen molar-refractivity contribution in [2.45, 2.75) is 0 Å². The molecule has 0 amide bonds. The second-order valence-electron chi connectivity index (χ2n) is 6.80. The first kappa shape index (κ1) is 23.2. The van der Waals surface area contributed by atoms with Gasteiger partial charge in [-0.2, -0.15) is 0 Å². The molecule has 0 aliphatic heterocycles. The van der Waals surface area contributed by atoms with Crippen LogP contribution in [0.15, 0.2) is 73.2 Å². The number of hydrogen-bond acceptors (Lipinski definition) is 4. The van der Waals surface area contributed by atoms with E-state index in [2.05, 4.69) is 26.1 Å². The predicted octanol–water partition coefficient (Wildman–Crippen LogP) is 4.27. The van der Waals surface area contributed by atoms with E-state index in [0.29, 0.717) is 11.6 Å². The van der Waals surface area contributed by atoms with Crippen molar-refractivity contribution in [1.82, 2.24) is 24.7 Å². The van der Waals surface area contributed by atoms with E-state index in [1.807, 2.05) is 61.6 Å². The van der Waals surface area contributed by atoms with Crippen molar-refractivity contribution in [3.8, 4) is 17.2 Å². The van der Waals surface area contributed by atoms with Gasteiger partial charge in [-0.1, -0.05) is 42.0 Å². The fraction of sp³-hybridized carbons (Fsp3) is 0.0870. The largest absolute Gasteiger partial charge is 0.378 e. The maximum Gasteiger partial charge on any atom is 0.0427 e. The summed E-state index contributed by atoms with van der Waals surface area (Å²) in [6.45, 7) is 0. The third-order valence-corrected chi connectivity index (χ3v) is 4.41. The summed E-state index contributed by atoms with van der Waals surface area (Å²) < 4.78 is 28.0. The number of nitrogens with zero attached hydrogens (tertiary/aromatic N) is 6. The van der Waals surface area contributed by atoms with Crippen LogP contribution in [-0.2, 0) is 20.1 Å². The molecule has 0 aliphatic rings. The average molecular weight is 609 g/mol. The van der Waals surface area contributed by atoms with E-state index in [-0.39, 0.29) is 25.7 Å². The van der Waals surface area contributed by atoms with Crippen molar-refractivity contribution in [3.05, 3.63) is 90.9 Å². The molecule has 0 unspecified atom stereocenters. The van der Waals surface area contributed by atoms with E-state index < -0.39 is 11.6 Å². The molecule has 165 valence electrons. The minimum absolute atomic E-state index is 0. The summed E-state index contributed by atoms with van der Waals surface area (Å²) in [5.74, 6) is -0.681. The van der Waals surface area contributed by atoms with E-state index in [0.717, 1.165) is 28.9 Å². The first-order valence-electron chi connectivity index (χ1n) is 9.41. The fourth-order valence-corrected chi connectivity index (χ4v) is 2.86. The van der Waals surface area contributed by atoms with E-state index in [1.165, 1.54) is 0 Å². The maximum atomic E-state index is 13.5. The van der Waals surface area contributed by atoms with E-state index >= 15 is 0 Å². The molecular weight excluding hydrogens is 591 g/mol. The van der Waals surface area contributed by atoms with Crippen LogP contribution in [0.3, 0.4) is 0 Å². The second-order valence-corrected chi connectivity index (χ2v) is 6.80. The van der Waals surface area contributed by atoms with Crippen molar-refractivity contribution in [1.29, 1.82) is 0 Å². The van der Waals surface area contributed by atoms with Gasteiger partial charge in [0.15, 0.2) is 0 Å². The molecule has 5 aromatic rings. The van der Waals surface area contributed by atoms with Crippen molar-refractivity contribution >= 4 is 16.7 Å². The Morgan fingerprint density at radius 2 is 1.84 bits per heavy atom. The topological polar surface area (TPSA) is 60.9 Å². The van der Waals surface area contributed by atoms with E-state index in [4.69, 9.17) is 0 Å². The molecule has 0 spiro atoms. The van der Waals surface area contributed by atoms with Crippen LogP contribution < -0.4 is 9.88 Å². The number of pyridine rings is 1. The van der Waals surface area contributed by atoms with Gasteiger partial charge in [-0.05, 0) is 24.0 Å². The third-order valence-electron chi connectivity index (χ3n) is 4.41. The molecule has 0 N–H and O–H groups in total. The monoisotopic (exact) mass is 609 g/mol. The first-order valence-corrected chi connectivity index (χ1v) is 9.41. The van der Waals surface area contributed by atoms with Gasteiger partial charge >= 0.3 is 0 Å². The SMILES string of the molecule is CN(C)c1ccnc(-c2[c-]cc(F)cc2F)c1.[Ir].c1ccc2[n-]c(-n3cccn3)nc2c1. The Labute approximate surface area is 197 Å². The molecular formula is C23H18F2IrN6-2.